The molecule has 0 aromatic heterocycles. The molecule has 3 aliphatic rings. The quantitative estimate of drug-likeness (QED) is 0.575. The molecule has 2 amide bonds. The van der Waals surface area contributed by atoms with Gasteiger partial charge in [0.1, 0.15) is 11.6 Å². The lowest BCUT2D eigenvalue weighted by atomic mass is 9.70. The SMILES string of the molecule is CCOC(=O)[C@@H]1[C@H]2C(=O)N([C@@H](CO)CC(C)C)C(C(=O)NC(C)C)C23CC[C@H]1O3. The number of aliphatic hydroxyl groups is 1. The van der Waals surface area contributed by atoms with Gasteiger partial charge in [0.15, 0.2) is 0 Å². The Bertz CT molecular complexity index is 666. The van der Waals surface area contributed by atoms with Crippen LogP contribution < -0.4 is 5.32 Å². The molecule has 3 heterocycles. The number of rotatable bonds is 8. The fourth-order valence-corrected chi connectivity index (χ4v) is 5.47. The highest BCUT2D eigenvalue weighted by Gasteiger charge is 2.75. The van der Waals surface area contributed by atoms with E-state index in [9.17, 15) is 19.5 Å². The second kappa shape index (κ2) is 8.22. The largest absolute Gasteiger partial charge is 0.466 e. The number of hydrogen-bond acceptors (Lipinski definition) is 6. The van der Waals surface area contributed by atoms with E-state index in [1.807, 2.05) is 27.7 Å². The minimum absolute atomic E-state index is 0.105. The lowest BCUT2D eigenvalue weighted by Gasteiger charge is -2.37. The Morgan fingerprint density at radius 3 is 2.59 bits per heavy atom. The first kappa shape index (κ1) is 22.0. The van der Waals surface area contributed by atoms with Crippen molar-refractivity contribution in [2.45, 2.75) is 83.7 Å². The number of fused-ring (bicyclic) bond motifs is 1. The third-order valence-corrected chi connectivity index (χ3v) is 6.32. The molecule has 0 saturated carbocycles. The van der Waals surface area contributed by atoms with Crippen LogP contribution in [0.4, 0.5) is 0 Å². The van der Waals surface area contributed by atoms with Crippen LogP contribution in [0.1, 0.15) is 53.9 Å². The first-order valence-corrected chi connectivity index (χ1v) is 10.8. The summed E-state index contributed by atoms with van der Waals surface area (Å²) in [6.45, 7) is 9.45. The summed E-state index contributed by atoms with van der Waals surface area (Å²) >= 11 is 0. The van der Waals surface area contributed by atoms with E-state index in [2.05, 4.69) is 5.32 Å². The summed E-state index contributed by atoms with van der Waals surface area (Å²) in [7, 11) is 0. The molecule has 29 heavy (non-hydrogen) atoms. The number of amides is 2. The average molecular weight is 411 g/mol. The molecule has 3 saturated heterocycles. The van der Waals surface area contributed by atoms with Gasteiger partial charge < -0.3 is 24.8 Å². The van der Waals surface area contributed by atoms with Crippen molar-refractivity contribution in [3.05, 3.63) is 0 Å². The van der Waals surface area contributed by atoms with Gasteiger partial charge in [-0.2, -0.15) is 0 Å². The maximum atomic E-state index is 13.6. The van der Waals surface area contributed by atoms with Gasteiger partial charge in [-0.05, 0) is 46.0 Å². The summed E-state index contributed by atoms with van der Waals surface area (Å²) in [5.74, 6) is -2.23. The zero-order valence-corrected chi connectivity index (χ0v) is 18.0. The summed E-state index contributed by atoms with van der Waals surface area (Å²) in [6, 6.07) is -1.47. The van der Waals surface area contributed by atoms with Crippen molar-refractivity contribution in [3.8, 4) is 0 Å². The molecule has 3 rings (SSSR count). The lowest BCUT2D eigenvalue weighted by molar-refractivity contribution is -0.155. The molecule has 8 heteroatoms. The van der Waals surface area contributed by atoms with Crippen LogP contribution >= 0.6 is 0 Å². The number of carbonyl (C=O) groups is 3. The number of likely N-dealkylation sites (tertiary alicyclic amines) is 1. The molecule has 0 aromatic carbocycles. The summed E-state index contributed by atoms with van der Waals surface area (Å²) in [4.78, 5) is 41.1. The van der Waals surface area contributed by atoms with Gasteiger partial charge in [-0.25, -0.2) is 0 Å². The molecular formula is C21H34N2O6. The average Bonchev–Trinajstić information content (AvgIpc) is 3.26. The van der Waals surface area contributed by atoms with Crippen LogP contribution in [0.15, 0.2) is 0 Å². The third-order valence-electron chi connectivity index (χ3n) is 6.32. The van der Waals surface area contributed by atoms with E-state index < -0.39 is 41.6 Å². The molecule has 6 atom stereocenters. The van der Waals surface area contributed by atoms with Crippen molar-refractivity contribution in [2.24, 2.45) is 17.8 Å². The topological polar surface area (TPSA) is 105 Å². The van der Waals surface area contributed by atoms with Gasteiger partial charge in [-0.15, -0.1) is 0 Å². The number of aliphatic hydroxyl groups excluding tert-OH is 1. The van der Waals surface area contributed by atoms with Crippen LogP contribution in [0.25, 0.3) is 0 Å². The normalized spacial score (nSPS) is 34.1. The number of ether oxygens (including phenoxy) is 2. The molecule has 0 radical (unpaired) electrons. The van der Waals surface area contributed by atoms with Crippen molar-refractivity contribution >= 4 is 17.8 Å². The van der Waals surface area contributed by atoms with E-state index >= 15 is 0 Å². The molecule has 2 bridgehead atoms. The zero-order valence-electron chi connectivity index (χ0n) is 18.0. The van der Waals surface area contributed by atoms with Gasteiger partial charge in [0.2, 0.25) is 11.8 Å². The van der Waals surface area contributed by atoms with Crippen LogP contribution in [-0.2, 0) is 23.9 Å². The summed E-state index contributed by atoms with van der Waals surface area (Å²) < 4.78 is 11.5. The number of carbonyl (C=O) groups excluding carboxylic acids is 3. The maximum Gasteiger partial charge on any atom is 0.312 e. The minimum Gasteiger partial charge on any atom is -0.466 e. The molecule has 0 aromatic rings. The van der Waals surface area contributed by atoms with E-state index in [0.717, 1.165) is 0 Å². The minimum atomic E-state index is -1.04. The van der Waals surface area contributed by atoms with Gasteiger partial charge in [-0.3, -0.25) is 14.4 Å². The van der Waals surface area contributed by atoms with Gasteiger partial charge in [0.05, 0.1) is 37.2 Å². The van der Waals surface area contributed by atoms with Crippen LogP contribution in [0, 0.1) is 17.8 Å². The molecule has 3 fully saturated rings. The van der Waals surface area contributed by atoms with Crippen molar-refractivity contribution < 1.29 is 29.0 Å². The maximum absolute atomic E-state index is 13.6. The fraction of sp³-hybridized carbons (Fsp3) is 0.857. The highest BCUT2D eigenvalue weighted by atomic mass is 16.6. The Labute approximate surface area is 172 Å². The van der Waals surface area contributed by atoms with E-state index in [0.29, 0.717) is 19.3 Å². The molecule has 0 aliphatic carbocycles. The van der Waals surface area contributed by atoms with Gasteiger partial charge in [0.25, 0.3) is 0 Å². The number of nitrogens with zero attached hydrogens (tertiary/aromatic N) is 1. The van der Waals surface area contributed by atoms with Crippen LogP contribution in [0.3, 0.4) is 0 Å². The van der Waals surface area contributed by atoms with Gasteiger partial charge in [0, 0.05) is 6.04 Å². The lowest BCUT2D eigenvalue weighted by Crippen LogP contribution is -2.59. The Morgan fingerprint density at radius 1 is 1.34 bits per heavy atom. The monoisotopic (exact) mass is 410 g/mol. The predicted molar refractivity (Wildman–Crippen MR) is 105 cm³/mol. The smallest absolute Gasteiger partial charge is 0.312 e. The standard InChI is InChI=1S/C21H34N2O6/c1-6-28-20(27)15-14-7-8-21(29-14)16(15)19(26)23(13(10-24)9-11(2)3)17(21)18(25)22-12(4)5/h11-17,24H,6-10H2,1-5H3,(H,22,25)/t13-,14-,15+,16+,17?,21?/m1/s1. The fourth-order valence-electron chi connectivity index (χ4n) is 5.47. The molecule has 164 valence electrons. The van der Waals surface area contributed by atoms with E-state index in [-0.39, 0.29) is 37.0 Å². The van der Waals surface area contributed by atoms with E-state index in [1.165, 1.54) is 4.90 Å². The molecule has 8 nitrogen and oxygen atoms in total. The first-order valence-electron chi connectivity index (χ1n) is 10.8. The first-order chi connectivity index (χ1) is 13.7. The van der Waals surface area contributed by atoms with Crippen LogP contribution in [-0.4, -0.2) is 70.8 Å². The van der Waals surface area contributed by atoms with Gasteiger partial charge >= 0.3 is 5.97 Å². The van der Waals surface area contributed by atoms with Crippen molar-refractivity contribution in [2.75, 3.05) is 13.2 Å². The van der Waals surface area contributed by atoms with Crippen molar-refractivity contribution in [1.29, 1.82) is 0 Å². The Hall–Kier alpha value is -1.67. The second-order valence-electron chi connectivity index (χ2n) is 9.18. The summed E-state index contributed by atoms with van der Waals surface area (Å²) in [5, 5.41) is 13.0. The van der Waals surface area contributed by atoms with Crippen LogP contribution in [0.5, 0.6) is 0 Å². The van der Waals surface area contributed by atoms with E-state index in [4.69, 9.17) is 9.47 Å². The molecular weight excluding hydrogens is 376 g/mol. The zero-order chi connectivity index (χ0) is 21.5. The third kappa shape index (κ3) is 3.54. The van der Waals surface area contributed by atoms with Crippen LogP contribution in [0.2, 0.25) is 0 Å². The molecule has 2 unspecified atom stereocenters. The highest BCUT2D eigenvalue weighted by Crippen LogP contribution is 2.59. The molecule has 3 aliphatic heterocycles. The highest BCUT2D eigenvalue weighted by molar-refractivity contribution is 5.98. The Kier molecular flexibility index (Phi) is 6.24. The van der Waals surface area contributed by atoms with Crippen molar-refractivity contribution in [3.63, 3.8) is 0 Å². The second-order valence-corrected chi connectivity index (χ2v) is 9.18. The molecule has 1 spiro atoms. The number of nitrogens with one attached hydrogen (secondary N) is 1. The summed E-state index contributed by atoms with van der Waals surface area (Å²) in [5.41, 5.74) is -1.04. The number of hydrogen-bond donors (Lipinski definition) is 2. The van der Waals surface area contributed by atoms with E-state index in [1.54, 1.807) is 6.92 Å². The summed E-state index contributed by atoms with van der Waals surface area (Å²) in [6.07, 6.45) is 1.30. The Morgan fingerprint density at radius 2 is 2.03 bits per heavy atom. The predicted octanol–water partition coefficient (Wildman–Crippen LogP) is 0.856. The Balaban J connectivity index is 2.04. The van der Waals surface area contributed by atoms with Crippen molar-refractivity contribution in [1.82, 2.24) is 10.2 Å². The number of esters is 1. The van der Waals surface area contributed by atoms with Gasteiger partial charge in [-0.1, -0.05) is 13.8 Å². The molecule has 2 N–H and O–H groups in total.